The summed E-state index contributed by atoms with van der Waals surface area (Å²) < 4.78 is 24.9. The SMILES string of the molecule is O=C1C(=O)N(c2nnc(SCc3ccc(F)cc3)s2)[C@H](c2cccc(O)c2)/C1=C(\O)c1ccc2c(c1)OCCO2. The lowest BCUT2D eigenvalue weighted by Gasteiger charge is -2.23. The first-order valence-corrected chi connectivity index (χ1v) is 13.9. The molecule has 3 aromatic carbocycles. The molecule has 1 aromatic heterocycles. The number of ketones is 1. The second-order valence-corrected chi connectivity index (χ2v) is 11.1. The van der Waals surface area contributed by atoms with Gasteiger partial charge in [0, 0.05) is 11.3 Å². The number of hydrogen-bond donors (Lipinski definition) is 2. The maximum absolute atomic E-state index is 13.4. The molecular formula is C28H20FN3O6S2. The van der Waals surface area contributed by atoms with E-state index in [1.165, 1.54) is 40.9 Å². The van der Waals surface area contributed by atoms with Crippen molar-refractivity contribution in [2.45, 2.75) is 16.1 Å². The molecule has 0 radical (unpaired) electrons. The number of rotatable bonds is 6. The number of thioether (sulfide) groups is 1. The van der Waals surface area contributed by atoms with Gasteiger partial charge in [0.05, 0.1) is 11.6 Å². The van der Waals surface area contributed by atoms with E-state index in [0.717, 1.165) is 16.9 Å². The number of hydrogen-bond acceptors (Lipinski definition) is 10. The summed E-state index contributed by atoms with van der Waals surface area (Å²) in [6.45, 7) is 0.733. The molecular weight excluding hydrogens is 557 g/mol. The number of Topliss-reactive ketones (excluding diaryl/α,β-unsaturated/α-hetero) is 1. The largest absolute Gasteiger partial charge is 0.508 e. The lowest BCUT2D eigenvalue weighted by molar-refractivity contribution is -0.132. The third-order valence-corrected chi connectivity index (χ3v) is 8.45. The number of aromatic nitrogens is 2. The van der Waals surface area contributed by atoms with Crippen LogP contribution in [0.1, 0.15) is 22.7 Å². The second-order valence-electron chi connectivity index (χ2n) is 8.89. The van der Waals surface area contributed by atoms with E-state index in [2.05, 4.69) is 10.2 Å². The summed E-state index contributed by atoms with van der Waals surface area (Å²) in [5.41, 5.74) is 1.37. The van der Waals surface area contributed by atoms with Gasteiger partial charge in [-0.1, -0.05) is 47.4 Å². The highest BCUT2D eigenvalue weighted by Crippen LogP contribution is 2.45. The Kier molecular flexibility index (Phi) is 6.86. The van der Waals surface area contributed by atoms with Crippen LogP contribution in [0.15, 0.2) is 76.6 Å². The van der Waals surface area contributed by atoms with Crippen molar-refractivity contribution in [3.8, 4) is 17.2 Å². The van der Waals surface area contributed by atoms with Gasteiger partial charge in [-0.3, -0.25) is 14.5 Å². The fourth-order valence-electron chi connectivity index (χ4n) is 4.47. The number of nitrogens with zero attached hydrogens (tertiary/aromatic N) is 3. The van der Waals surface area contributed by atoms with E-state index in [9.17, 15) is 24.2 Å². The zero-order valence-electron chi connectivity index (χ0n) is 20.6. The molecule has 4 aromatic rings. The maximum atomic E-state index is 13.4. The molecule has 9 nitrogen and oxygen atoms in total. The smallest absolute Gasteiger partial charge is 0.301 e. The molecule has 0 spiro atoms. The van der Waals surface area contributed by atoms with Gasteiger partial charge >= 0.3 is 5.91 Å². The number of halogens is 1. The number of amides is 1. The summed E-state index contributed by atoms with van der Waals surface area (Å²) in [7, 11) is 0. The fourth-order valence-corrected chi connectivity index (χ4v) is 6.29. The number of fused-ring (bicyclic) bond motifs is 1. The molecule has 0 aliphatic carbocycles. The summed E-state index contributed by atoms with van der Waals surface area (Å²) in [5.74, 6) is -1.19. The monoisotopic (exact) mass is 577 g/mol. The van der Waals surface area contributed by atoms with E-state index >= 15 is 0 Å². The third kappa shape index (κ3) is 4.87. The van der Waals surface area contributed by atoms with Crippen LogP contribution in [-0.2, 0) is 15.3 Å². The first-order chi connectivity index (χ1) is 19.4. The molecule has 40 heavy (non-hydrogen) atoms. The number of benzene rings is 3. The molecule has 0 bridgehead atoms. The van der Waals surface area contributed by atoms with Crippen LogP contribution in [0.25, 0.3) is 5.76 Å². The van der Waals surface area contributed by atoms with Gasteiger partial charge in [0.1, 0.15) is 30.5 Å². The van der Waals surface area contributed by atoms with Gasteiger partial charge in [-0.05, 0) is 53.6 Å². The van der Waals surface area contributed by atoms with Gasteiger partial charge in [0.25, 0.3) is 5.78 Å². The quantitative estimate of drug-likeness (QED) is 0.106. The summed E-state index contributed by atoms with van der Waals surface area (Å²) >= 11 is 2.46. The van der Waals surface area contributed by atoms with Crippen molar-refractivity contribution in [1.29, 1.82) is 0 Å². The third-order valence-electron chi connectivity index (χ3n) is 6.32. The topological polar surface area (TPSA) is 122 Å². The van der Waals surface area contributed by atoms with Crippen molar-refractivity contribution < 1.29 is 33.7 Å². The molecule has 0 saturated carbocycles. The van der Waals surface area contributed by atoms with E-state index < -0.39 is 23.5 Å². The van der Waals surface area contributed by atoms with Crippen LogP contribution in [0.4, 0.5) is 9.52 Å². The number of aromatic hydroxyl groups is 1. The molecule has 0 unspecified atom stereocenters. The van der Waals surface area contributed by atoms with Crippen molar-refractivity contribution in [1.82, 2.24) is 10.2 Å². The average molecular weight is 578 g/mol. The lowest BCUT2D eigenvalue weighted by Crippen LogP contribution is -2.29. The number of ether oxygens (including phenoxy) is 2. The number of carbonyl (C=O) groups excluding carboxylic acids is 2. The van der Waals surface area contributed by atoms with Crippen molar-refractivity contribution in [2.75, 3.05) is 18.1 Å². The van der Waals surface area contributed by atoms with Crippen LogP contribution in [0.2, 0.25) is 0 Å². The zero-order chi connectivity index (χ0) is 27.8. The predicted octanol–water partition coefficient (Wildman–Crippen LogP) is 5.07. The molecule has 2 aliphatic rings. The Balaban J connectivity index is 1.38. The van der Waals surface area contributed by atoms with E-state index in [1.54, 1.807) is 42.5 Å². The minimum Gasteiger partial charge on any atom is -0.508 e. The van der Waals surface area contributed by atoms with Crippen LogP contribution in [0.3, 0.4) is 0 Å². The minimum absolute atomic E-state index is 0.0739. The Bertz CT molecular complexity index is 1660. The van der Waals surface area contributed by atoms with E-state index in [0.29, 0.717) is 40.4 Å². The Labute approximate surface area is 235 Å². The molecule has 12 heteroatoms. The molecule has 2 N–H and O–H groups in total. The molecule has 6 rings (SSSR count). The summed E-state index contributed by atoms with van der Waals surface area (Å²) in [4.78, 5) is 28.0. The molecule has 1 saturated heterocycles. The van der Waals surface area contributed by atoms with Crippen molar-refractivity contribution in [3.63, 3.8) is 0 Å². The Morgan fingerprint density at radius 2 is 1.80 bits per heavy atom. The van der Waals surface area contributed by atoms with Gasteiger partial charge in [-0.15, -0.1) is 10.2 Å². The zero-order valence-corrected chi connectivity index (χ0v) is 22.2. The molecule has 3 heterocycles. The molecule has 1 atom stereocenters. The first kappa shape index (κ1) is 25.8. The Hall–Kier alpha value is -4.42. The number of phenols is 1. The van der Waals surface area contributed by atoms with Crippen molar-refractivity contribution in [3.05, 3.63) is 94.8 Å². The lowest BCUT2D eigenvalue weighted by atomic mass is 9.95. The molecule has 2 aliphatic heterocycles. The minimum atomic E-state index is -1.08. The van der Waals surface area contributed by atoms with Gasteiger partial charge < -0.3 is 19.7 Å². The number of phenolic OH excluding ortho intramolecular Hbond substituents is 1. The molecule has 202 valence electrons. The Morgan fingerprint density at radius 3 is 2.58 bits per heavy atom. The fraction of sp³-hybridized carbons (Fsp3) is 0.143. The van der Waals surface area contributed by atoms with Gasteiger partial charge in [-0.2, -0.15) is 0 Å². The normalized spacial score (nSPS) is 17.8. The summed E-state index contributed by atoms with van der Waals surface area (Å²) in [6, 6.07) is 15.9. The van der Waals surface area contributed by atoms with Gasteiger partial charge in [0.2, 0.25) is 5.13 Å². The second kappa shape index (κ2) is 10.6. The molecule has 1 fully saturated rings. The van der Waals surface area contributed by atoms with Crippen LogP contribution >= 0.6 is 23.1 Å². The van der Waals surface area contributed by atoms with Crippen molar-refractivity contribution in [2.24, 2.45) is 0 Å². The van der Waals surface area contributed by atoms with E-state index in [-0.39, 0.29) is 27.8 Å². The van der Waals surface area contributed by atoms with Gasteiger partial charge in [0.15, 0.2) is 15.8 Å². The van der Waals surface area contributed by atoms with Crippen LogP contribution in [0.5, 0.6) is 17.2 Å². The standard InChI is InChI=1S/C28H20FN3O6S2/c29-18-7-4-15(5-8-18)14-39-28-31-30-27(40-28)32-23(16-2-1-3-19(33)12-16)22(25(35)26(32)36)24(34)17-6-9-20-21(13-17)38-11-10-37-20/h1-9,12-13,23,33-34H,10-11,14H2/b24-22+/t23-/m1/s1. The number of aliphatic hydroxyl groups excluding tert-OH is 1. The number of carbonyl (C=O) groups is 2. The average Bonchev–Trinajstić information content (AvgIpc) is 3.54. The van der Waals surface area contributed by atoms with Gasteiger partial charge in [-0.25, -0.2) is 4.39 Å². The summed E-state index contributed by atoms with van der Waals surface area (Å²) in [6.07, 6.45) is 0. The van der Waals surface area contributed by atoms with Crippen LogP contribution in [-0.4, -0.2) is 45.3 Å². The van der Waals surface area contributed by atoms with Crippen LogP contribution < -0.4 is 14.4 Å². The number of anilines is 1. The van der Waals surface area contributed by atoms with Crippen LogP contribution in [0, 0.1) is 5.82 Å². The first-order valence-electron chi connectivity index (χ1n) is 12.1. The molecule has 1 amide bonds. The van der Waals surface area contributed by atoms with Crippen molar-refractivity contribution >= 4 is 45.7 Å². The highest BCUT2D eigenvalue weighted by atomic mass is 32.2. The summed E-state index contributed by atoms with van der Waals surface area (Å²) in [5, 5.41) is 30.0. The Morgan fingerprint density at radius 1 is 1.02 bits per heavy atom. The van der Waals surface area contributed by atoms with E-state index in [1.807, 2.05) is 0 Å². The highest BCUT2D eigenvalue weighted by molar-refractivity contribution is 8.00. The maximum Gasteiger partial charge on any atom is 0.301 e. The number of aliphatic hydroxyl groups is 1. The predicted molar refractivity (Wildman–Crippen MR) is 146 cm³/mol. The van der Waals surface area contributed by atoms with E-state index in [4.69, 9.17) is 9.47 Å². The highest BCUT2D eigenvalue weighted by Gasteiger charge is 2.48.